The fourth-order valence-corrected chi connectivity index (χ4v) is 2.98. The van der Waals surface area contributed by atoms with Crippen LogP contribution in [0.5, 0.6) is 5.75 Å². The Kier molecular flexibility index (Phi) is 5.32. The topological polar surface area (TPSA) is 21.3 Å². The van der Waals surface area contributed by atoms with Gasteiger partial charge < -0.3 is 10.1 Å². The minimum Gasteiger partial charge on any atom is -0.492 e. The quantitative estimate of drug-likeness (QED) is 0.776. The van der Waals surface area contributed by atoms with Crippen molar-refractivity contribution in [2.45, 2.75) is 65.3 Å². The molecule has 2 unspecified atom stereocenters. The summed E-state index contributed by atoms with van der Waals surface area (Å²) in [5.74, 6) is 1.82. The van der Waals surface area contributed by atoms with E-state index in [2.05, 4.69) is 58.1 Å². The average Bonchev–Trinajstić information content (AvgIpc) is 2.78. The zero-order valence-electron chi connectivity index (χ0n) is 14.3. The third-order valence-corrected chi connectivity index (χ3v) is 4.70. The summed E-state index contributed by atoms with van der Waals surface area (Å²) >= 11 is 0. The highest BCUT2D eigenvalue weighted by Gasteiger charge is 2.32. The van der Waals surface area contributed by atoms with Crippen molar-refractivity contribution in [1.82, 2.24) is 5.32 Å². The van der Waals surface area contributed by atoms with Gasteiger partial charge in [0.05, 0.1) is 6.61 Å². The predicted octanol–water partition coefficient (Wildman–Crippen LogP) is 4.83. The molecule has 2 rings (SSSR count). The maximum Gasteiger partial charge on any atom is 0.123 e. The molecular weight excluding hydrogens is 258 g/mol. The molecule has 1 N–H and O–H groups in total. The number of benzene rings is 1. The van der Waals surface area contributed by atoms with E-state index in [4.69, 9.17) is 4.74 Å². The fourth-order valence-electron chi connectivity index (χ4n) is 2.98. The number of nitrogens with one attached hydrogen (secondary N) is 1. The maximum absolute atomic E-state index is 5.81. The van der Waals surface area contributed by atoms with Gasteiger partial charge in [-0.15, -0.1) is 0 Å². The number of fused-ring (bicyclic) bond motifs is 1. The van der Waals surface area contributed by atoms with Crippen molar-refractivity contribution >= 4 is 0 Å². The molecule has 0 radical (unpaired) electrons. The van der Waals surface area contributed by atoms with Crippen LogP contribution in [-0.2, 0) is 5.41 Å². The molecule has 0 saturated heterocycles. The number of rotatable bonds is 7. The summed E-state index contributed by atoms with van der Waals surface area (Å²) in [6, 6.07) is 7.24. The highest BCUT2D eigenvalue weighted by Crippen LogP contribution is 2.40. The second kappa shape index (κ2) is 6.83. The SMILES string of the molecule is CCCNC(CC(C)CC)c1ccc2c(c1)C(C)(C)CO2. The van der Waals surface area contributed by atoms with Gasteiger partial charge in [0, 0.05) is 17.0 Å². The van der Waals surface area contributed by atoms with Gasteiger partial charge in [-0.1, -0.05) is 47.1 Å². The molecular formula is C19H31NO. The van der Waals surface area contributed by atoms with E-state index < -0.39 is 0 Å². The molecule has 1 heterocycles. The molecule has 1 aromatic carbocycles. The van der Waals surface area contributed by atoms with Gasteiger partial charge in [0.25, 0.3) is 0 Å². The largest absolute Gasteiger partial charge is 0.492 e. The van der Waals surface area contributed by atoms with E-state index in [1.807, 2.05) is 0 Å². The molecule has 1 aromatic rings. The molecule has 0 aromatic heterocycles. The van der Waals surface area contributed by atoms with Crippen LogP contribution < -0.4 is 10.1 Å². The first-order chi connectivity index (χ1) is 9.97. The summed E-state index contributed by atoms with van der Waals surface area (Å²) in [5, 5.41) is 3.73. The molecule has 1 aliphatic heterocycles. The van der Waals surface area contributed by atoms with Gasteiger partial charge in [-0.05, 0) is 43.0 Å². The van der Waals surface area contributed by atoms with Gasteiger partial charge in [0.2, 0.25) is 0 Å². The third-order valence-electron chi connectivity index (χ3n) is 4.70. The maximum atomic E-state index is 5.81. The first-order valence-electron chi connectivity index (χ1n) is 8.48. The summed E-state index contributed by atoms with van der Waals surface area (Å²) in [7, 11) is 0. The number of hydrogen-bond acceptors (Lipinski definition) is 2. The summed E-state index contributed by atoms with van der Waals surface area (Å²) in [4.78, 5) is 0. The van der Waals surface area contributed by atoms with Crippen LogP contribution >= 0.6 is 0 Å². The molecule has 0 saturated carbocycles. The van der Waals surface area contributed by atoms with E-state index in [0.29, 0.717) is 6.04 Å². The van der Waals surface area contributed by atoms with Gasteiger partial charge in [0.15, 0.2) is 0 Å². The summed E-state index contributed by atoms with van der Waals surface area (Å²) in [5.41, 5.74) is 2.92. The Labute approximate surface area is 130 Å². The second-order valence-electron chi connectivity index (χ2n) is 7.18. The van der Waals surface area contributed by atoms with Crippen LogP contribution in [0.25, 0.3) is 0 Å². The second-order valence-corrected chi connectivity index (χ2v) is 7.18. The molecule has 0 amide bonds. The average molecular weight is 289 g/mol. The molecule has 2 nitrogen and oxygen atoms in total. The normalized spacial score (nSPS) is 18.9. The highest BCUT2D eigenvalue weighted by molar-refractivity contribution is 5.45. The summed E-state index contributed by atoms with van der Waals surface area (Å²) in [6.07, 6.45) is 3.62. The molecule has 118 valence electrons. The zero-order valence-corrected chi connectivity index (χ0v) is 14.3. The Bertz CT molecular complexity index is 467. The Hall–Kier alpha value is -1.02. The van der Waals surface area contributed by atoms with Gasteiger partial charge in [-0.2, -0.15) is 0 Å². The molecule has 0 bridgehead atoms. The fraction of sp³-hybridized carbons (Fsp3) is 0.684. The molecule has 2 atom stereocenters. The van der Waals surface area contributed by atoms with Crippen LogP contribution in [0, 0.1) is 5.92 Å². The van der Waals surface area contributed by atoms with E-state index >= 15 is 0 Å². The van der Waals surface area contributed by atoms with Crippen molar-refractivity contribution in [3.8, 4) is 5.75 Å². The van der Waals surface area contributed by atoms with Gasteiger partial charge >= 0.3 is 0 Å². The lowest BCUT2D eigenvalue weighted by atomic mass is 9.84. The van der Waals surface area contributed by atoms with Crippen molar-refractivity contribution in [3.05, 3.63) is 29.3 Å². The molecule has 1 aliphatic rings. The van der Waals surface area contributed by atoms with Crippen LogP contribution in [0.15, 0.2) is 18.2 Å². The summed E-state index contributed by atoms with van der Waals surface area (Å²) in [6.45, 7) is 13.3. The Morgan fingerprint density at radius 2 is 2.05 bits per heavy atom. The Morgan fingerprint density at radius 3 is 2.71 bits per heavy atom. The van der Waals surface area contributed by atoms with E-state index in [9.17, 15) is 0 Å². The minimum absolute atomic E-state index is 0.136. The zero-order chi connectivity index (χ0) is 15.5. The van der Waals surface area contributed by atoms with Crippen molar-refractivity contribution in [2.75, 3.05) is 13.2 Å². The monoisotopic (exact) mass is 289 g/mol. The minimum atomic E-state index is 0.136. The van der Waals surface area contributed by atoms with E-state index in [1.54, 1.807) is 0 Å². The van der Waals surface area contributed by atoms with Crippen LogP contribution in [0.1, 0.15) is 71.0 Å². The van der Waals surface area contributed by atoms with E-state index in [0.717, 1.165) is 24.8 Å². The first kappa shape index (κ1) is 16.4. The van der Waals surface area contributed by atoms with Crippen LogP contribution in [-0.4, -0.2) is 13.2 Å². The first-order valence-corrected chi connectivity index (χ1v) is 8.48. The van der Waals surface area contributed by atoms with Gasteiger partial charge in [-0.25, -0.2) is 0 Å². The lowest BCUT2D eigenvalue weighted by Gasteiger charge is -2.24. The van der Waals surface area contributed by atoms with E-state index in [-0.39, 0.29) is 5.41 Å². The molecule has 0 aliphatic carbocycles. The highest BCUT2D eigenvalue weighted by atomic mass is 16.5. The van der Waals surface area contributed by atoms with E-state index in [1.165, 1.54) is 30.4 Å². The van der Waals surface area contributed by atoms with Crippen molar-refractivity contribution in [1.29, 1.82) is 0 Å². The number of ether oxygens (including phenoxy) is 1. The summed E-state index contributed by atoms with van der Waals surface area (Å²) < 4.78 is 5.81. The van der Waals surface area contributed by atoms with Crippen molar-refractivity contribution in [2.24, 2.45) is 5.92 Å². The molecule has 0 fully saturated rings. The van der Waals surface area contributed by atoms with Gasteiger partial charge in [-0.3, -0.25) is 0 Å². The smallest absolute Gasteiger partial charge is 0.123 e. The predicted molar refractivity (Wildman–Crippen MR) is 90.1 cm³/mol. The Morgan fingerprint density at radius 1 is 1.29 bits per heavy atom. The molecule has 2 heteroatoms. The molecule has 0 spiro atoms. The van der Waals surface area contributed by atoms with Crippen LogP contribution in [0.3, 0.4) is 0 Å². The number of hydrogen-bond donors (Lipinski definition) is 1. The Balaban J connectivity index is 2.23. The lowest BCUT2D eigenvalue weighted by Crippen LogP contribution is -2.24. The van der Waals surface area contributed by atoms with Crippen LogP contribution in [0.2, 0.25) is 0 Å². The lowest BCUT2D eigenvalue weighted by molar-refractivity contribution is 0.291. The standard InChI is InChI=1S/C19H31NO/c1-6-10-20-17(11-14(3)7-2)15-8-9-18-16(12-15)19(4,5)13-21-18/h8-9,12,14,17,20H,6-7,10-11,13H2,1-5H3. The molecule has 21 heavy (non-hydrogen) atoms. The van der Waals surface area contributed by atoms with Crippen molar-refractivity contribution < 1.29 is 4.74 Å². The third kappa shape index (κ3) is 3.79. The van der Waals surface area contributed by atoms with Crippen LogP contribution in [0.4, 0.5) is 0 Å². The van der Waals surface area contributed by atoms with Gasteiger partial charge in [0.1, 0.15) is 5.75 Å². The van der Waals surface area contributed by atoms with Crippen molar-refractivity contribution in [3.63, 3.8) is 0 Å².